The number of benzene rings is 1. The van der Waals surface area contributed by atoms with Crippen LogP contribution in [0.2, 0.25) is 0 Å². The zero-order valence-electron chi connectivity index (χ0n) is 15.1. The van der Waals surface area contributed by atoms with Crippen LogP contribution < -0.4 is 10.6 Å². The van der Waals surface area contributed by atoms with Crippen molar-refractivity contribution in [1.82, 2.24) is 15.5 Å². The van der Waals surface area contributed by atoms with E-state index in [0.29, 0.717) is 12.0 Å². The maximum atomic E-state index is 4.31. The molecule has 0 aromatic heterocycles. The van der Waals surface area contributed by atoms with Crippen molar-refractivity contribution in [1.29, 1.82) is 0 Å². The van der Waals surface area contributed by atoms with Gasteiger partial charge >= 0.3 is 0 Å². The van der Waals surface area contributed by atoms with Gasteiger partial charge in [-0.25, -0.2) is 0 Å². The molecule has 1 atom stereocenters. The molecule has 1 aliphatic heterocycles. The molecular weight excluding hydrogens is 284 g/mol. The third-order valence-electron chi connectivity index (χ3n) is 4.74. The lowest BCUT2D eigenvalue weighted by Crippen LogP contribution is -2.45. The van der Waals surface area contributed by atoms with Gasteiger partial charge in [-0.1, -0.05) is 38.1 Å². The van der Waals surface area contributed by atoms with E-state index in [0.717, 1.165) is 32.0 Å². The second kappa shape index (κ2) is 8.92. The van der Waals surface area contributed by atoms with Gasteiger partial charge in [-0.3, -0.25) is 9.89 Å². The molecule has 1 unspecified atom stereocenters. The number of nitrogens with one attached hydrogen (secondary N) is 2. The second-order valence-electron chi connectivity index (χ2n) is 6.82. The Balaban J connectivity index is 1.68. The number of rotatable bonds is 6. The summed E-state index contributed by atoms with van der Waals surface area (Å²) in [5.41, 5.74) is 3.02. The Hall–Kier alpha value is -1.55. The molecule has 2 N–H and O–H groups in total. The van der Waals surface area contributed by atoms with Gasteiger partial charge in [-0.15, -0.1) is 0 Å². The van der Waals surface area contributed by atoms with Crippen molar-refractivity contribution in [2.24, 2.45) is 10.9 Å². The van der Waals surface area contributed by atoms with Gasteiger partial charge in [-0.05, 0) is 36.8 Å². The highest BCUT2D eigenvalue weighted by molar-refractivity contribution is 5.79. The van der Waals surface area contributed by atoms with Gasteiger partial charge in [-0.2, -0.15) is 0 Å². The highest BCUT2D eigenvalue weighted by Crippen LogP contribution is 2.18. The molecule has 0 bridgehead atoms. The van der Waals surface area contributed by atoms with Crippen LogP contribution in [0.1, 0.15) is 38.3 Å². The molecule has 2 rings (SSSR count). The van der Waals surface area contributed by atoms with Gasteiger partial charge in [0.15, 0.2) is 5.96 Å². The summed E-state index contributed by atoms with van der Waals surface area (Å²) in [6, 6.07) is 9.25. The van der Waals surface area contributed by atoms with Crippen molar-refractivity contribution in [3.8, 4) is 0 Å². The van der Waals surface area contributed by atoms with Crippen molar-refractivity contribution in [3.05, 3.63) is 35.4 Å². The van der Waals surface area contributed by atoms with E-state index in [4.69, 9.17) is 0 Å². The molecule has 0 saturated heterocycles. The van der Waals surface area contributed by atoms with E-state index in [-0.39, 0.29) is 0 Å². The molecule has 1 aromatic rings. The molecule has 23 heavy (non-hydrogen) atoms. The standard InChI is InChI=1S/C19H32N4/c1-15(2)16(3)22-19(20-4)21-11-7-12-23-13-10-17-8-5-6-9-18(17)14-23/h5-6,8-9,15-16H,7,10-14H2,1-4H3,(H2,20,21,22). The number of hydrogen-bond acceptors (Lipinski definition) is 2. The Morgan fingerprint density at radius 1 is 1.22 bits per heavy atom. The lowest BCUT2D eigenvalue weighted by Gasteiger charge is -2.28. The summed E-state index contributed by atoms with van der Waals surface area (Å²) in [5, 5.41) is 6.87. The number of nitrogens with zero attached hydrogens (tertiary/aromatic N) is 2. The number of aliphatic imine (C=N–C) groups is 1. The first-order valence-electron chi connectivity index (χ1n) is 8.86. The van der Waals surface area contributed by atoms with E-state index in [1.165, 1.54) is 24.1 Å². The lowest BCUT2D eigenvalue weighted by atomic mass is 10.00. The van der Waals surface area contributed by atoms with Gasteiger partial charge in [0.2, 0.25) is 0 Å². The van der Waals surface area contributed by atoms with E-state index in [2.05, 4.69) is 65.6 Å². The van der Waals surface area contributed by atoms with Crippen molar-refractivity contribution in [2.45, 2.75) is 46.2 Å². The molecule has 0 saturated carbocycles. The number of guanidine groups is 1. The Morgan fingerprint density at radius 3 is 2.65 bits per heavy atom. The first-order valence-corrected chi connectivity index (χ1v) is 8.86. The maximum Gasteiger partial charge on any atom is 0.191 e. The van der Waals surface area contributed by atoms with Crippen LogP contribution in [0.3, 0.4) is 0 Å². The summed E-state index contributed by atoms with van der Waals surface area (Å²) in [6.45, 7) is 11.0. The second-order valence-corrected chi connectivity index (χ2v) is 6.82. The summed E-state index contributed by atoms with van der Waals surface area (Å²) in [7, 11) is 1.84. The van der Waals surface area contributed by atoms with E-state index < -0.39 is 0 Å². The number of hydrogen-bond donors (Lipinski definition) is 2. The van der Waals surface area contributed by atoms with E-state index in [9.17, 15) is 0 Å². The molecule has 1 heterocycles. The minimum atomic E-state index is 0.430. The van der Waals surface area contributed by atoms with Gasteiger partial charge < -0.3 is 10.6 Å². The molecular formula is C19H32N4. The Bertz CT molecular complexity index is 510. The summed E-state index contributed by atoms with van der Waals surface area (Å²) in [6.07, 6.45) is 2.32. The van der Waals surface area contributed by atoms with Gasteiger partial charge in [0.25, 0.3) is 0 Å². The number of fused-ring (bicyclic) bond motifs is 1. The molecule has 0 radical (unpaired) electrons. The quantitative estimate of drug-likeness (QED) is 0.481. The Morgan fingerprint density at radius 2 is 1.96 bits per heavy atom. The predicted octanol–water partition coefficient (Wildman–Crippen LogP) is 2.64. The summed E-state index contributed by atoms with van der Waals surface area (Å²) in [4.78, 5) is 6.86. The molecule has 0 fully saturated rings. The minimum Gasteiger partial charge on any atom is -0.356 e. The van der Waals surface area contributed by atoms with Crippen molar-refractivity contribution < 1.29 is 0 Å². The van der Waals surface area contributed by atoms with Gasteiger partial charge in [0.05, 0.1) is 0 Å². The fraction of sp³-hybridized carbons (Fsp3) is 0.632. The zero-order chi connectivity index (χ0) is 16.7. The summed E-state index contributed by atoms with van der Waals surface area (Å²) in [5.74, 6) is 1.51. The zero-order valence-corrected chi connectivity index (χ0v) is 15.1. The fourth-order valence-corrected chi connectivity index (χ4v) is 2.83. The van der Waals surface area contributed by atoms with E-state index in [1.807, 2.05) is 7.05 Å². The molecule has 128 valence electrons. The van der Waals surface area contributed by atoms with Crippen LogP contribution in [-0.2, 0) is 13.0 Å². The SMILES string of the molecule is CN=C(NCCCN1CCc2ccccc2C1)NC(C)C(C)C. The summed E-state index contributed by atoms with van der Waals surface area (Å²) >= 11 is 0. The molecule has 4 heteroatoms. The molecule has 0 amide bonds. The smallest absolute Gasteiger partial charge is 0.191 e. The topological polar surface area (TPSA) is 39.7 Å². The van der Waals surface area contributed by atoms with E-state index in [1.54, 1.807) is 0 Å². The molecule has 4 nitrogen and oxygen atoms in total. The van der Waals surface area contributed by atoms with Crippen LogP contribution in [0.5, 0.6) is 0 Å². The summed E-state index contributed by atoms with van der Waals surface area (Å²) < 4.78 is 0. The average Bonchev–Trinajstić information content (AvgIpc) is 2.57. The minimum absolute atomic E-state index is 0.430. The van der Waals surface area contributed by atoms with Crippen LogP contribution in [0.25, 0.3) is 0 Å². The third-order valence-corrected chi connectivity index (χ3v) is 4.74. The first-order chi connectivity index (χ1) is 11.1. The highest BCUT2D eigenvalue weighted by Gasteiger charge is 2.15. The third kappa shape index (κ3) is 5.54. The van der Waals surface area contributed by atoms with Crippen molar-refractivity contribution in [3.63, 3.8) is 0 Å². The Kier molecular flexibility index (Phi) is 6.90. The monoisotopic (exact) mass is 316 g/mol. The van der Waals surface area contributed by atoms with Crippen LogP contribution in [0.15, 0.2) is 29.3 Å². The van der Waals surface area contributed by atoms with Gasteiger partial charge in [0.1, 0.15) is 0 Å². The lowest BCUT2D eigenvalue weighted by molar-refractivity contribution is 0.251. The molecule has 1 aromatic carbocycles. The maximum absolute atomic E-state index is 4.31. The molecule has 0 spiro atoms. The van der Waals surface area contributed by atoms with Gasteiger partial charge in [0, 0.05) is 39.3 Å². The fourth-order valence-electron chi connectivity index (χ4n) is 2.83. The van der Waals surface area contributed by atoms with Crippen molar-refractivity contribution >= 4 is 5.96 Å². The first kappa shape index (κ1) is 17.8. The van der Waals surface area contributed by atoms with Crippen molar-refractivity contribution in [2.75, 3.05) is 26.7 Å². The Labute approximate surface area is 141 Å². The van der Waals surface area contributed by atoms with Crippen LogP contribution in [-0.4, -0.2) is 43.6 Å². The van der Waals surface area contributed by atoms with Crippen LogP contribution in [0.4, 0.5) is 0 Å². The normalized spacial score (nSPS) is 17.0. The van der Waals surface area contributed by atoms with Crippen LogP contribution >= 0.6 is 0 Å². The average molecular weight is 316 g/mol. The van der Waals surface area contributed by atoms with E-state index >= 15 is 0 Å². The highest BCUT2D eigenvalue weighted by atomic mass is 15.2. The van der Waals surface area contributed by atoms with Crippen LogP contribution in [0, 0.1) is 5.92 Å². The molecule has 0 aliphatic carbocycles. The molecule has 1 aliphatic rings. The predicted molar refractivity (Wildman–Crippen MR) is 98.8 cm³/mol. The largest absolute Gasteiger partial charge is 0.356 e.